The van der Waals surface area contributed by atoms with E-state index in [-0.39, 0.29) is 36.6 Å². The summed E-state index contributed by atoms with van der Waals surface area (Å²) in [6, 6.07) is 15.0. The minimum Gasteiger partial charge on any atom is -0.481 e. The van der Waals surface area contributed by atoms with E-state index in [0.717, 1.165) is 67.2 Å². The van der Waals surface area contributed by atoms with Crippen LogP contribution in [-0.4, -0.2) is 40.0 Å². The van der Waals surface area contributed by atoms with Crippen molar-refractivity contribution in [2.75, 3.05) is 6.54 Å². The fraction of sp³-hybridized carbons (Fsp3) is 0.472. The van der Waals surface area contributed by atoms with Gasteiger partial charge in [-0.15, -0.1) is 0 Å². The summed E-state index contributed by atoms with van der Waals surface area (Å²) in [6.45, 7) is 4.45. The highest BCUT2D eigenvalue weighted by Gasteiger charge is 2.53. The van der Waals surface area contributed by atoms with Crippen molar-refractivity contribution in [3.8, 4) is 0 Å². The highest BCUT2D eigenvalue weighted by molar-refractivity contribution is 5.94. The Balaban J connectivity index is 1.43. The molecule has 234 valence electrons. The molecule has 2 fully saturated rings. The Hall–Kier alpha value is -3.78. The number of carboxylic acid groups (broad SMARTS) is 1. The zero-order chi connectivity index (χ0) is 31.3. The highest BCUT2D eigenvalue weighted by Crippen LogP contribution is 2.46. The minimum atomic E-state index is -0.959. The maximum absolute atomic E-state index is 14.5. The summed E-state index contributed by atoms with van der Waals surface area (Å²) in [4.78, 5) is 40.1. The molecule has 1 heterocycles. The van der Waals surface area contributed by atoms with Crippen LogP contribution in [0.4, 0.5) is 4.39 Å². The molecule has 0 aromatic heterocycles. The first-order chi connectivity index (χ1) is 21.2. The Morgan fingerprint density at radius 1 is 1.00 bits per heavy atom. The van der Waals surface area contributed by atoms with Gasteiger partial charge in [-0.05, 0) is 91.3 Å². The van der Waals surface area contributed by atoms with Crippen LogP contribution in [0.2, 0.25) is 0 Å². The van der Waals surface area contributed by atoms with Crippen LogP contribution in [0.15, 0.2) is 66.5 Å². The second-order valence-electron chi connectivity index (χ2n) is 12.8. The number of halogens is 1. The third-order valence-electron chi connectivity index (χ3n) is 9.26. The van der Waals surface area contributed by atoms with E-state index in [1.165, 1.54) is 6.08 Å². The summed E-state index contributed by atoms with van der Waals surface area (Å²) in [5.41, 5.74) is 4.09. The lowest BCUT2D eigenvalue weighted by atomic mass is 9.85. The molecule has 2 unspecified atom stereocenters. The molecule has 8 heteroatoms. The van der Waals surface area contributed by atoms with Crippen LogP contribution >= 0.6 is 0 Å². The van der Waals surface area contributed by atoms with E-state index in [0.29, 0.717) is 24.3 Å². The van der Waals surface area contributed by atoms with Gasteiger partial charge in [0.2, 0.25) is 5.91 Å². The van der Waals surface area contributed by atoms with Crippen molar-refractivity contribution in [1.82, 2.24) is 15.5 Å². The van der Waals surface area contributed by atoms with Gasteiger partial charge in [0.1, 0.15) is 11.9 Å². The van der Waals surface area contributed by atoms with Crippen molar-refractivity contribution >= 4 is 23.4 Å². The molecule has 5 rings (SSSR count). The molecule has 2 aromatic carbocycles. The minimum absolute atomic E-state index is 0.0684. The van der Waals surface area contributed by atoms with Crippen molar-refractivity contribution in [2.24, 2.45) is 5.92 Å². The number of carbonyl (C=O) groups excluding carboxylic acids is 2. The summed E-state index contributed by atoms with van der Waals surface area (Å²) >= 11 is 0. The molecule has 1 spiro atoms. The van der Waals surface area contributed by atoms with Crippen LogP contribution in [0.5, 0.6) is 0 Å². The standard InChI is InChI=1S/C36H44FN3O4/c1-24(2)6-19-31(27-9-13-29(14-10-27)34(43)38-23-20-32(41)42)40-35(44)33(39-36(40)21-4-3-5-22-36)28-11-7-25(8-12-28)26-15-17-30(37)18-16-26/h7-15,17,24,31,33,39H,3-6,16,18-23H2,1-2H3,(H,38,43)(H,41,42). The fourth-order valence-electron chi connectivity index (χ4n) is 6.87. The fourth-order valence-corrected chi connectivity index (χ4v) is 6.87. The van der Waals surface area contributed by atoms with Gasteiger partial charge in [-0.3, -0.25) is 19.7 Å². The Kier molecular flexibility index (Phi) is 9.99. The molecule has 2 aromatic rings. The van der Waals surface area contributed by atoms with E-state index in [9.17, 15) is 18.8 Å². The molecule has 3 aliphatic rings. The first-order valence-corrected chi connectivity index (χ1v) is 16.0. The number of hydrogen-bond acceptors (Lipinski definition) is 4. The molecule has 7 nitrogen and oxygen atoms in total. The first-order valence-electron chi connectivity index (χ1n) is 16.0. The number of nitrogens with one attached hydrogen (secondary N) is 2. The summed E-state index contributed by atoms with van der Waals surface area (Å²) in [7, 11) is 0. The topological polar surface area (TPSA) is 98.7 Å². The molecule has 2 amide bonds. The van der Waals surface area contributed by atoms with Gasteiger partial charge in [0, 0.05) is 18.5 Å². The third-order valence-corrected chi connectivity index (χ3v) is 9.26. The number of carboxylic acids is 1. The van der Waals surface area contributed by atoms with Crippen molar-refractivity contribution in [1.29, 1.82) is 0 Å². The monoisotopic (exact) mass is 601 g/mol. The predicted molar refractivity (Wildman–Crippen MR) is 169 cm³/mol. The molecule has 1 saturated heterocycles. The zero-order valence-corrected chi connectivity index (χ0v) is 25.8. The van der Waals surface area contributed by atoms with Gasteiger partial charge in [0.05, 0.1) is 18.1 Å². The predicted octanol–water partition coefficient (Wildman–Crippen LogP) is 7.23. The van der Waals surface area contributed by atoms with Gasteiger partial charge in [0.25, 0.3) is 5.91 Å². The quantitative estimate of drug-likeness (QED) is 0.252. The molecule has 2 aliphatic carbocycles. The summed E-state index contributed by atoms with van der Waals surface area (Å²) in [5, 5.41) is 15.4. The Morgan fingerprint density at radius 2 is 1.70 bits per heavy atom. The van der Waals surface area contributed by atoms with E-state index in [2.05, 4.69) is 29.4 Å². The van der Waals surface area contributed by atoms with Crippen molar-refractivity contribution in [2.45, 2.75) is 95.8 Å². The average Bonchev–Trinajstić information content (AvgIpc) is 3.28. The van der Waals surface area contributed by atoms with Gasteiger partial charge in [-0.2, -0.15) is 0 Å². The largest absolute Gasteiger partial charge is 0.481 e. The van der Waals surface area contributed by atoms with Crippen molar-refractivity contribution < 1.29 is 23.9 Å². The molecule has 44 heavy (non-hydrogen) atoms. The van der Waals surface area contributed by atoms with E-state index in [1.54, 1.807) is 12.1 Å². The van der Waals surface area contributed by atoms with E-state index < -0.39 is 17.7 Å². The Morgan fingerprint density at radius 3 is 2.32 bits per heavy atom. The molecular formula is C36H44FN3O4. The number of rotatable bonds is 11. The second kappa shape index (κ2) is 13.9. The Labute approximate surface area is 259 Å². The van der Waals surface area contributed by atoms with Crippen molar-refractivity contribution in [3.05, 3.63) is 88.8 Å². The van der Waals surface area contributed by atoms with Crippen LogP contribution in [0.3, 0.4) is 0 Å². The van der Waals surface area contributed by atoms with Gasteiger partial charge >= 0.3 is 5.97 Å². The van der Waals surface area contributed by atoms with E-state index in [4.69, 9.17) is 5.11 Å². The van der Waals surface area contributed by atoms with Crippen LogP contribution in [-0.2, 0) is 9.59 Å². The number of amides is 2. The summed E-state index contributed by atoms with van der Waals surface area (Å²) in [5.74, 6) is -0.826. The number of benzene rings is 2. The summed E-state index contributed by atoms with van der Waals surface area (Å²) < 4.78 is 13.5. The average molecular weight is 602 g/mol. The van der Waals surface area contributed by atoms with E-state index in [1.807, 2.05) is 42.5 Å². The van der Waals surface area contributed by atoms with Crippen LogP contribution in [0.1, 0.15) is 117 Å². The maximum atomic E-state index is 14.5. The number of carbonyl (C=O) groups is 3. The van der Waals surface area contributed by atoms with Crippen LogP contribution in [0, 0.1) is 5.92 Å². The lowest BCUT2D eigenvalue weighted by molar-refractivity contribution is -0.137. The van der Waals surface area contributed by atoms with Gasteiger partial charge < -0.3 is 15.3 Å². The zero-order valence-electron chi connectivity index (χ0n) is 25.8. The van der Waals surface area contributed by atoms with Gasteiger partial charge in [-0.25, -0.2) is 4.39 Å². The molecule has 2 atom stereocenters. The van der Waals surface area contributed by atoms with Gasteiger partial charge in [0.15, 0.2) is 0 Å². The van der Waals surface area contributed by atoms with Crippen molar-refractivity contribution in [3.63, 3.8) is 0 Å². The Bertz CT molecular complexity index is 1410. The number of aliphatic carboxylic acids is 1. The van der Waals surface area contributed by atoms with Crippen LogP contribution < -0.4 is 10.6 Å². The second-order valence-corrected chi connectivity index (χ2v) is 12.8. The molecule has 0 radical (unpaired) electrons. The lowest BCUT2D eigenvalue weighted by Crippen LogP contribution is -2.54. The van der Waals surface area contributed by atoms with Gasteiger partial charge in [-0.1, -0.05) is 62.7 Å². The highest BCUT2D eigenvalue weighted by atomic mass is 19.1. The number of nitrogens with zero attached hydrogens (tertiary/aromatic N) is 1. The normalized spacial score (nSPS) is 20.4. The summed E-state index contributed by atoms with van der Waals surface area (Å²) in [6.07, 6.45) is 11.1. The number of allylic oxidation sites excluding steroid dienone is 4. The molecule has 1 saturated carbocycles. The smallest absolute Gasteiger partial charge is 0.305 e. The molecule has 0 bridgehead atoms. The number of hydrogen-bond donors (Lipinski definition) is 3. The van der Waals surface area contributed by atoms with E-state index >= 15 is 0 Å². The first kappa shape index (κ1) is 31.6. The van der Waals surface area contributed by atoms with Crippen LogP contribution in [0.25, 0.3) is 5.57 Å². The molecular weight excluding hydrogens is 557 g/mol. The third kappa shape index (κ3) is 7.12. The molecule has 1 aliphatic heterocycles. The SMILES string of the molecule is CC(C)CCC(c1ccc(C(=O)NCCC(=O)O)cc1)N1C(=O)C(c2ccc(C3=CC=C(F)CC3)cc2)NC12CCCCC2. The maximum Gasteiger partial charge on any atom is 0.305 e. The molecule has 3 N–H and O–H groups in total. The lowest BCUT2D eigenvalue weighted by Gasteiger charge is -2.45.